The first-order chi connectivity index (χ1) is 7.53. The zero-order valence-corrected chi connectivity index (χ0v) is 10.00. The van der Waals surface area contributed by atoms with Gasteiger partial charge in [0, 0.05) is 12.6 Å². The van der Waals surface area contributed by atoms with Gasteiger partial charge in [-0.15, -0.1) is 0 Å². The van der Waals surface area contributed by atoms with Crippen LogP contribution in [0, 0.1) is 0 Å². The van der Waals surface area contributed by atoms with Gasteiger partial charge < -0.3 is 4.74 Å². The van der Waals surface area contributed by atoms with Crippen molar-refractivity contribution in [1.29, 1.82) is 0 Å². The Bertz CT molecular complexity index is 381. The maximum atomic E-state index is 11.5. The van der Waals surface area contributed by atoms with Crippen LogP contribution in [-0.4, -0.2) is 57.3 Å². The summed E-state index contributed by atoms with van der Waals surface area (Å²) in [7, 11) is -1.77. The SMILES string of the molecule is COC(=O)[C@@H]1CCCN1C1CNS(=O)(=O)C1. The predicted octanol–water partition coefficient (Wildman–Crippen LogP) is -1.07. The Balaban J connectivity index is 2.07. The van der Waals surface area contributed by atoms with Crippen molar-refractivity contribution in [3.05, 3.63) is 0 Å². The highest BCUT2D eigenvalue weighted by Gasteiger charge is 2.40. The van der Waals surface area contributed by atoms with E-state index in [0.717, 1.165) is 19.4 Å². The lowest BCUT2D eigenvalue weighted by atomic mass is 10.2. The summed E-state index contributed by atoms with van der Waals surface area (Å²) in [5.41, 5.74) is 0. The number of nitrogens with zero attached hydrogens (tertiary/aromatic N) is 1. The molecule has 0 bridgehead atoms. The molecular weight excluding hydrogens is 232 g/mol. The molecular formula is C9H16N2O4S. The highest BCUT2D eigenvalue weighted by atomic mass is 32.2. The van der Waals surface area contributed by atoms with Crippen LogP contribution in [0.3, 0.4) is 0 Å². The highest BCUT2D eigenvalue weighted by Crippen LogP contribution is 2.23. The van der Waals surface area contributed by atoms with Gasteiger partial charge in [0.25, 0.3) is 0 Å². The molecule has 0 saturated carbocycles. The molecule has 1 unspecified atom stereocenters. The number of sulfonamides is 1. The number of nitrogens with one attached hydrogen (secondary N) is 1. The van der Waals surface area contributed by atoms with Crippen molar-refractivity contribution >= 4 is 16.0 Å². The monoisotopic (exact) mass is 248 g/mol. The van der Waals surface area contributed by atoms with E-state index in [1.807, 2.05) is 4.90 Å². The highest BCUT2D eigenvalue weighted by molar-refractivity contribution is 7.89. The number of hydrogen-bond acceptors (Lipinski definition) is 5. The fraction of sp³-hybridized carbons (Fsp3) is 0.889. The molecule has 2 atom stereocenters. The lowest BCUT2D eigenvalue weighted by Gasteiger charge is -2.27. The third kappa shape index (κ3) is 2.21. The lowest BCUT2D eigenvalue weighted by molar-refractivity contribution is -0.146. The van der Waals surface area contributed by atoms with Crippen LogP contribution in [0.15, 0.2) is 0 Å². The smallest absolute Gasteiger partial charge is 0.323 e. The first kappa shape index (κ1) is 11.8. The Morgan fingerprint density at radius 1 is 1.50 bits per heavy atom. The molecule has 2 heterocycles. The zero-order valence-electron chi connectivity index (χ0n) is 9.18. The normalized spacial score (nSPS) is 34.1. The summed E-state index contributed by atoms with van der Waals surface area (Å²) in [6.07, 6.45) is 1.67. The quantitative estimate of drug-likeness (QED) is 0.629. The number of hydrogen-bond donors (Lipinski definition) is 1. The second-order valence-electron chi connectivity index (χ2n) is 4.20. The fourth-order valence-corrected chi connectivity index (χ4v) is 3.80. The molecule has 2 aliphatic heterocycles. The third-order valence-corrected chi connectivity index (χ3v) is 4.62. The number of carbonyl (C=O) groups excluding carboxylic acids is 1. The number of methoxy groups -OCH3 is 1. The molecule has 0 aromatic heterocycles. The van der Waals surface area contributed by atoms with Crippen LogP contribution >= 0.6 is 0 Å². The van der Waals surface area contributed by atoms with Crippen LogP contribution < -0.4 is 4.72 Å². The minimum atomic E-state index is -3.13. The van der Waals surface area contributed by atoms with E-state index in [9.17, 15) is 13.2 Å². The van der Waals surface area contributed by atoms with E-state index in [2.05, 4.69) is 4.72 Å². The third-order valence-electron chi connectivity index (χ3n) is 3.19. The van der Waals surface area contributed by atoms with Gasteiger partial charge in [-0.3, -0.25) is 9.69 Å². The van der Waals surface area contributed by atoms with Gasteiger partial charge in [-0.2, -0.15) is 0 Å². The Labute approximate surface area is 95.0 Å². The van der Waals surface area contributed by atoms with E-state index in [-0.39, 0.29) is 23.8 Å². The van der Waals surface area contributed by atoms with E-state index in [1.54, 1.807) is 0 Å². The Morgan fingerprint density at radius 2 is 2.25 bits per heavy atom. The Morgan fingerprint density at radius 3 is 2.81 bits per heavy atom. The molecule has 92 valence electrons. The van der Waals surface area contributed by atoms with Crippen molar-refractivity contribution < 1.29 is 17.9 Å². The molecule has 2 aliphatic rings. The molecule has 7 heteroatoms. The summed E-state index contributed by atoms with van der Waals surface area (Å²) in [6.45, 7) is 1.16. The number of likely N-dealkylation sites (tertiary alicyclic amines) is 1. The van der Waals surface area contributed by atoms with Crippen molar-refractivity contribution in [2.24, 2.45) is 0 Å². The van der Waals surface area contributed by atoms with E-state index < -0.39 is 10.0 Å². The van der Waals surface area contributed by atoms with Crippen molar-refractivity contribution in [3.63, 3.8) is 0 Å². The molecule has 0 spiro atoms. The lowest BCUT2D eigenvalue weighted by Crippen LogP contribution is -2.46. The van der Waals surface area contributed by atoms with Gasteiger partial charge in [0.15, 0.2) is 0 Å². The largest absolute Gasteiger partial charge is 0.468 e. The Hall–Kier alpha value is -0.660. The van der Waals surface area contributed by atoms with Gasteiger partial charge in [0.1, 0.15) is 6.04 Å². The average Bonchev–Trinajstić information content (AvgIpc) is 2.82. The standard InChI is InChI=1S/C9H16N2O4S/c1-15-9(12)8-3-2-4-11(8)7-5-10-16(13,14)6-7/h7-8,10H,2-6H2,1H3/t7?,8-/m0/s1. The van der Waals surface area contributed by atoms with Crippen molar-refractivity contribution in [1.82, 2.24) is 9.62 Å². The molecule has 2 saturated heterocycles. The van der Waals surface area contributed by atoms with Crippen molar-refractivity contribution in [2.45, 2.75) is 24.9 Å². The fourth-order valence-electron chi connectivity index (χ4n) is 2.42. The van der Waals surface area contributed by atoms with Crippen molar-refractivity contribution in [3.8, 4) is 0 Å². The second kappa shape index (κ2) is 4.31. The molecule has 0 aromatic carbocycles. The molecule has 1 N–H and O–H groups in total. The zero-order chi connectivity index (χ0) is 11.8. The average molecular weight is 248 g/mol. The number of esters is 1. The summed E-state index contributed by atoms with van der Waals surface area (Å²) in [5, 5.41) is 0. The predicted molar refractivity (Wildman–Crippen MR) is 57.3 cm³/mol. The van der Waals surface area contributed by atoms with Gasteiger partial charge in [-0.25, -0.2) is 13.1 Å². The number of ether oxygens (including phenoxy) is 1. The summed E-state index contributed by atoms with van der Waals surface area (Å²) in [5.74, 6) is -0.178. The second-order valence-corrected chi connectivity index (χ2v) is 6.05. The van der Waals surface area contributed by atoms with Gasteiger partial charge in [-0.1, -0.05) is 0 Å². The topological polar surface area (TPSA) is 75.7 Å². The number of carbonyl (C=O) groups is 1. The van der Waals surface area contributed by atoms with Crippen LogP contribution in [0.25, 0.3) is 0 Å². The Kier molecular flexibility index (Phi) is 3.18. The summed E-state index contributed by atoms with van der Waals surface area (Å²) >= 11 is 0. The summed E-state index contributed by atoms with van der Waals surface area (Å²) in [6, 6.07) is -0.373. The van der Waals surface area contributed by atoms with E-state index in [4.69, 9.17) is 4.74 Å². The maximum Gasteiger partial charge on any atom is 0.323 e. The van der Waals surface area contributed by atoms with Crippen LogP contribution in [0.2, 0.25) is 0 Å². The van der Waals surface area contributed by atoms with E-state index >= 15 is 0 Å². The molecule has 6 nitrogen and oxygen atoms in total. The molecule has 2 rings (SSSR count). The minimum Gasteiger partial charge on any atom is -0.468 e. The van der Waals surface area contributed by atoms with Crippen LogP contribution in [0.4, 0.5) is 0 Å². The van der Waals surface area contributed by atoms with Crippen LogP contribution in [0.5, 0.6) is 0 Å². The minimum absolute atomic E-state index is 0.0838. The van der Waals surface area contributed by atoms with E-state index in [1.165, 1.54) is 7.11 Å². The first-order valence-corrected chi connectivity index (χ1v) is 6.99. The maximum absolute atomic E-state index is 11.5. The molecule has 2 fully saturated rings. The van der Waals surface area contributed by atoms with Gasteiger partial charge in [0.05, 0.1) is 12.9 Å². The first-order valence-electron chi connectivity index (χ1n) is 5.34. The number of rotatable bonds is 2. The molecule has 16 heavy (non-hydrogen) atoms. The van der Waals surface area contributed by atoms with Crippen LogP contribution in [-0.2, 0) is 19.6 Å². The molecule has 0 radical (unpaired) electrons. The summed E-state index contributed by atoms with van der Waals surface area (Å²) < 4.78 is 29.8. The van der Waals surface area contributed by atoms with Crippen LogP contribution in [0.1, 0.15) is 12.8 Å². The van der Waals surface area contributed by atoms with E-state index in [0.29, 0.717) is 6.54 Å². The molecule has 0 aliphatic carbocycles. The van der Waals surface area contributed by atoms with Gasteiger partial charge in [-0.05, 0) is 19.4 Å². The summed E-state index contributed by atoms with van der Waals surface area (Å²) in [4.78, 5) is 13.5. The van der Waals surface area contributed by atoms with Gasteiger partial charge >= 0.3 is 5.97 Å². The van der Waals surface area contributed by atoms with Gasteiger partial charge in [0.2, 0.25) is 10.0 Å². The molecule has 0 amide bonds. The van der Waals surface area contributed by atoms with Crippen molar-refractivity contribution in [2.75, 3.05) is 26.0 Å². The molecule has 0 aromatic rings.